The minimum atomic E-state index is -0.887. The Bertz CT molecular complexity index is 2400. The van der Waals surface area contributed by atoms with Gasteiger partial charge in [-0.2, -0.15) is 0 Å². The van der Waals surface area contributed by atoms with E-state index in [1.54, 1.807) is 0 Å². The Balaban J connectivity index is 0.938. The van der Waals surface area contributed by atoms with Gasteiger partial charge in [-0.05, 0) is 121 Å². The van der Waals surface area contributed by atoms with Crippen LogP contribution >= 0.6 is 0 Å². The van der Waals surface area contributed by atoms with Gasteiger partial charge in [-0.15, -0.1) is 5.98 Å². The Morgan fingerprint density at radius 2 is 1.86 bits per heavy atom. The SMILES string of the molecule is C=C1C(C2[B]C=C(c3cc4cc(C5=CCCCC(C6CCCC6C6C(O)C6(C(=O)OC)C(C)(C)C)=N5)ccc4o3)C=C2)=CC(C)=C1C1CCCN(C(=O)C(NC(C)=O)C(C)(C)C)C1. The lowest BCUT2D eigenvalue weighted by Crippen LogP contribution is -2.56. The quantitative estimate of drug-likeness (QED) is 0.191. The maximum atomic E-state index is 13.8. The van der Waals surface area contributed by atoms with Crippen molar-refractivity contribution in [2.75, 3.05) is 20.2 Å². The first-order valence-corrected chi connectivity index (χ1v) is 23.3. The van der Waals surface area contributed by atoms with Crippen molar-refractivity contribution in [3.63, 3.8) is 0 Å². The second-order valence-electron chi connectivity index (χ2n) is 21.2. The van der Waals surface area contributed by atoms with Crippen molar-refractivity contribution in [3.05, 3.63) is 94.7 Å². The average molecular weight is 853 g/mol. The van der Waals surface area contributed by atoms with E-state index in [1.807, 2.05) is 52.5 Å². The van der Waals surface area contributed by atoms with Crippen LogP contribution in [0.4, 0.5) is 0 Å². The lowest BCUT2D eigenvalue weighted by Gasteiger charge is -2.39. The number of hydrogen-bond donors (Lipinski definition) is 2. The molecule has 1 aromatic heterocycles. The normalized spacial score (nSPS) is 29.4. The number of aliphatic imine (C=N–C) groups is 1. The number of likely N-dealkylation sites (tertiary alicyclic amines) is 1. The summed E-state index contributed by atoms with van der Waals surface area (Å²) >= 11 is 0. The number of allylic oxidation sites excluding steroid dienone is 8. The molecule has 63 heavy (non-hydrogen) atoms. The molecule has 8 unspecified atom stereocenters. The highest BCUT2D eigenvalue weighted by molar-refractivity contribution is 6.48. The lowest BCUT2D eigenvalue weighted by atomic mass is 9.57. The summed E-state index contributed by atoms with van der Waals surface area (Å²) in [5.74, 6) is 3.01. The molecule has 0 spiro atoms. The van der Waals surface area contributed by atoms with Crippen LogP contribution in [0.15, 0.2) is 92.8 Å². The van der Waals surface area contributed by atoms with E-state index in [4.69, 9.17) is 14.1 Å². The number of aliphatic hydroxyl groups is 1. The molecule has 2 N–H and O–H groups in total. The van der Waals surface area contributed by atoms with Crippen molar-refractivity contribution in [2.45, 2.75) is 125 Å². The highest BCUT2D eigenvalue weighted by atomic mass is 16.5. The number of piperidine rings is 1. The standard InChI is InChI=1S/C53H67BN3O6/c1-30-25-39(31(2)45(30)35-15-14-24-57(29-35)49(60)47(51(4,5)6)55-32(3)58)40-22-20-34(28-54-40)44-27-36-26-33(21-23-43(36)63-44)41-18-11-12-19-42(56-41)37-16-13-17-38(37)46-48(59)53(46,50(61)62-10)52(7,8)9/h18,20-23,25-28,35,37-38,40,46-48,59H,2,11-17,19,24,29H2,1,3-10H3,(H,55,58). The molecule has 10 heteroatoms. The van der Waals surface area contributed by atoms with Crippen molar-refractivity contribution in [2.24, 2.45) is 44.9 Å². The molecule has 3 fully saturated rings. The zero-order valence-corrected chi connectivity index (χ0v) is 39.0. The zero-order valence-electron chi connectivity index (χ0n) is 39.0. The number of hydrogen-bond acceptors (Lipinski definition) is 7. The highest BCUT2D eigenvalue weighted by Gasteiger charge is 2.77. The molecule has 2 amide bonds. The Morgan fingerprint density at radius 3 is 2.54 bits per heavy atom. The van der Waals surface area contributed by atoms with Crippen LogP contribution in [0.3, 0.4) is 0 Å². The first-order valence-electron chi connectivity index (χ1n) is 23.3. The van der Waals surface area contributed by atoms with E-state index in [0.29, 0.717) is 13.1 Å². The summed E-state index contributed by atoms with van der Waals surface area (Å²) in [4.78, 5) is 46.4. The molecular formula is C53H67BN3O6. The number of amides is 2. The molecule has 8 rings (SSSR count). The summed E-state index contributed by atoms with van der Waals surface area (Å²) in [5.41, 5.74) is 8.05. The van der Waals surface area contributed by atoms with E-state index >= 15 is 0 Å². The van der Waals surface area contributed by atoms with Gasteiger partial charge in [-0.1, -0.05) is 78.8 Å². The Kier molecular flexibility index (Phi) is 12.1. The van der Waals surface area contributed by atoms with Gasteiger partial charge in [0.25, 0.3) is 0 Å². The van der Waals surface area contributed by atoms with Crippen LogP contribution in [0, 0.1) is 39.9 Å². The van der Waals surface area contributed by atoms with E-state index in [9.17, 15) is 19.5 Å². The third-order valence-electron chi connectivity index (χ3n) is 15.2. The van der Waals surface area contributed by atoms with E-state index in [1.165, 1.54) is 36.5 Å². The molecule has 2 saturated carbocycles. The van der Waals surface area contributed by atoms with Gasteiger partial charge in [0.1, 0.15) is 22.8 Å². The maximum absolute atomic E-state index is 13.8. The third kappa shape index (κ3) is 8.19. The fraction of sp³-hybridized carbons (Fsp3) is 0.547. The minimum Gasteiger partial charge on any atom is -0.468 e. The summed E-state index contributed by atoms with van der Waals surface area (Å²) in [5, 5.41) is 15.4. The summed E-state index contributed by atoms with van der Waals surface area (Å²) in [7, 11) is 3.66. The molecule has 1 radical (unpaired) electrons. The number of furan rings is 1. The van der Waals surface area contributed by atoms with Gasteiger partial charge in [0.15, 0.2) is 7.28 Å². The second-order valence-corrected chi connectivity index (χ2v) is 21.2. The van der Waals surface area contributed by atoms with E-state index in [0.717, 1.165) is 90.5 Å². The third-order valence-corrected chi connectivity index (χ3v) is 15.2. The first-order chi connectivity index (χ1) is 29.8. The number of aliphatic hydroxyl groups excluding tert-OH is 1. The monoisotopic (exact) mass is 853 g/mol. The number of fused-ring (bicyclic) bond motifs is 1. The fourth-order valence-electron chi connectivity index (χ4n) is 12.1. The van der Waals surface area contributed by atoms with Crippen molar-refractivity contribution in [1.29, 1.82) is 0 Å². The van der Waals surface area contributed by atoms with Crippen LogP contribution in [0.5, 0.6) is 0 Å². The maximum Gasteiger partial charge on any atom is 0.315 e. The molecule has 8 atom stereocenters. The smallest absolute Gasteiger partial charge is 0.315 e. The lowest BCUT2D eigenvalue weighted by molar-refractivity contribution is -0.154. The molecule has 333 valence electrons. The number of ether oxygens (including phenoxy) is 1. The number of carbonyl (C=O) groups excluding carboxylic acids is 3. The Labute approximate surface area is 375 Å². The van der Waals surface area contributed by atoms with Crippen molar-refractivity contribution < 1.29 is 28.6 Å². The number of benzene rings is 1. The van der Waals surface area contributed by atoms with Gasteiger partial charge in [0.2, 0.25) is 11.8 Å². The largest absolute Gasteiger partial charge is 0.468 e. The molecule has 9 nitrogen and oxygen atoms in total. The average Bonchev–Trinajstić information content (AvgIpc) is 3.49. The summed E-state index contributed by atoms with van der Waals surface area (Å²) in [6, 6.07) is 7.89. The number of esters is 1. The molecule has 3 aliphatic heterocycles. The highest BCUT2D eigenvalue weighted by Crippen LogP contribution is 2.69. The first kappa shape index (κ1) is 44.9. The molecule has 1 saturated heterocycles. The van der Waals surface area contributed by atoms with Crippen molar-refractivity contribution in [1.82, 2.24) is 10.2 Å². The van der Waals surface area contributed by atoms with Crippen LogP contribution in [0.1, 0.15) is 118 Å². The fourth-order valence-corrected chi connectivity index (χ4v) is 12.1. The zero-order chi connectivity index (χ0) is 45.2. The van der Waals surface area contributed by atoms with Gasteiger partial charge >= 0.3 is 5.97 Å². The molecule has 1 aromatic carbocycles. The number of nitrogens with one attached hydrogen (secondary N) is 1. The topological polar surface area (TPSA) is 121 Å². The number of nitrogens with zero attached hydrogens (tertiary/aromatic N) is 2. The number of carbonyl (C=O) groups is 3. The summed E-state index contributed by atoms with van der Waals surface area (Å²) in [6.07, 6.45) is 16.1. The number of methoxy groups -OCH3 is 1. The second kappa shape index (κ2) is 17.0. The predicted octanol–water partition coefficient (Wildman–Crippen LogP) is 10.0. The van der Waals surface area contributed by atoms with E-state index in [2.05, 4.69) is 74.6 Å². The van der Waals surface area contributed by atoms with E-state index in [-0.39, 0.29) is 47.3 Å². The molecule has 6 aliphatic rings. The predicted molar refractivity (Wildman–Crippen MR) is 253 cm³/mol. The van der Waals surface area contributed by atoms with Crippen LogP contribution < -0.4 is 5.32 Å². The van der Waals surface area contributed by atoms with Crippen molar-refractivity contribution >= 4 is 53.0 Å². The van der Waals surface area contributed by atoms with Crippen LogP contribution in [0.2, 0.25) is 5.82 Å². The molecule has 0 bridgehead atoms. The molecule has 2 aromatic rings. The van der Waals surface area contributed by atoms with Crippen LogP contribution in [0.25, 0.3) is 22.2 Å². The molecule has 4 heterocycles. The van der Waals surface area contributed by atoms with Crippen LogP contribution in [-0.2, 0) is 19.1 Å². The van der Waals surface area contributed by atoms with E-state index < -0.39 is 28.4 Å². The van der Waals surface area contributed by atoms with Gasteiger partial charge in [-0.3, -0.25) is 19.4 Å². The Morgan fingerprint density at radius 1 is 1.08 bits per heavy atom. The van der Waals surface area contributed by atoms with Crippen LogP contribution in [-0.4, -0.2) is 73.1 Å². The molecular weight excluding hydrogens is 785 g/mol. The van der Waals surface area contributed by atoms with Gasteiger partial charge in [-0.25, -0.2) is 0 Å². The Hall–Kier alpha value is -4.70. The van der Waals surface area contributed by atoms with Gasteiger partial charge in [0, 0.05) is 60.0 Å². The summed E-state index contributed by atoms with van der Waals surface area (Å²) < 4.78 is 11.8. The van der Waals surface area contributed by atoms with Gasteiger partial charge < -0.3 is 24.5 Å². The van der Waals surface area contributed by atoms with Crippen molar-refractivity contribution in [3.8, 4) is 0 Å². The summed E-state index contributed by atoms with van der Waals surface area (Å²) in [6.45, 7) is 21.7. The molecule has 3 aliphatic carbocycles. The number of rotatable bonds is 9. The van der Waals surface area contributed by atoms with Gasteiger partial charge in [0.05, 0.1) is 18.9 Å². The minimum absolute atomic E-state index is 0.0142.